The molecule has 2 aliphatic heterocycles. The molecule has 2 aromatic rings. The maximum Gasteiger partial charge on any atom is 0.124 e. The van der Waals surface area contributed by atoms with Crippen molar-refractivity contribution >= 4 is 29.0 Å². The lowest BCUT2D eigenvalue weighted by atomic mass is 9.97. The Bertz CT molecular complexity index is 1010. The van der Waals surface area contributed by atoms with Crippen LogP contribution in [0.25, 0.3) is 11.8 Å². The van der Waals surface area contributed by atoms with Crippen LogP contribution in [-0.4, -0.2) is 30.5 Å². The average Bonchev–Trinajstić information content (AvgIpc) is 3.16. The molecule has 0 radical (unpaired) electrons. The normalized spacial score (nSPS) is 18.5. The number of nitrogens with zero attached hydrogens (tertiary/aromatic N) is 2. The van der Waals surface area contributed by atoms with Crippen molar-refractivity contribution < 1.29 is 9.13 Å². The minimum atomic E-state index is -0.278. The van der Waals surface area contributed by atoms with E-state index in [9.17, 15) is 4.39 Å². The first-order valence-corrected chi connectivity index (χ1v) is 10.5. The third-order valence-corrected chi connectivity index (χ3v) is 5.85. The first-order chi connectivity index (χ1) is 14.5. The van der Waals surface area contributed by atoms with E-state index in [0.29, 0.717) is 13.2 Å². The summed E-state index contributed by atoms with van der Waals surface area (Å²) in [5, 5.41) is 3.50. The first kappa shape index (κ1) is 20.4. The third kappa shape index (κ3) is 3.65. The molecule has 0 aliphatic carbocycles. The number of nitrogens with one attached hydrogen (secondary N) is 1. The summed E-state index contributed by atoms with van der Waals surface area (Å²) in [5.74, 6) is 0.935. The molecular formula is C25H28FN3O. The van der Waals surface area contributed by atoms with Crippen LogP contribution in [-0.2, 0) is 4.74 Å². The molecule has 0 saturated carbocycles. The average molecular weight is 406 g/mol. The van der Waals surface area contributed by atoms with Crippen molar-refractivity contribution in [3.63, 3.8) is 0 Å². The summed E-state index contributed by atoms with van der Waals surface area (Å²) >= 11 is 0. The number of hydrogen-bond acceptors (Lipinski definition) is 4. The molecule has 1 N–H and O–H groups in total. The van der Waals surface area contributed by atoms with Crippen molar-refractivity contribution in [3.8, 4) is 0 Å². The van der Waals surface area contributed by atoms with Gasteiger partial charge in [-0.3, -0.25) is 0 Å². The Morgan fingerprint density at radius 3 is 2.93 bits per heavy atom. The van der Waals surface area contributed by atoms with Crippen LogP contribution in [0.3, 0.4) is 0 Å². The van der Waals surface area contributed by atoms with Crippen molar-refractivity contribution in [1.29, 1.82) is 0 Å². The van der Waals surface area contributed by atoms with Crippen LogP contribution >= 0.6 is 0 Å². The van der Waals surface area contributed by atoms with Crippen LogP contribution in [0.15, 0.2) is 54.5 Å². The lowest BCUT2D eigenvalue weighted by molar-refractivity contribution is 0.130. The van der Waals surface area contributed by atoms with Crippen molar-refractivity contribution in [2.24, 2.45) is 10.9 Å². The van der Waals surface area contributed by atoms with E-state index in [1.165, 1.54) is 0 Å². The molecule has 0 amide bonds. The van der Waals surface area contributed by atoms with Gasteiger partial charge in [-0.05, 0) is 44.0 Å². The van der Waals surface area contributed by atoms with Gasteiger partial charge in [0, 0.05) is 41.6 Å². The summed E-state index contributed by atoms with van der Waals surface area (Å²) in [4.78, 5) is 7.12. The number of amidine groups is 1. The Labute approximate surface area is 177 Å². The van der Waals surface area contributed by atoms with Gasteiger partial charge in [0.1, 0.15) is 11.7 Å². The molecule has 0 bridgehead atoms. The zero-order chi connectivity index (χ0) is 21.3. The van der Waals surface area contributed by atoms with Crippen LogP contribution in [0.5, 0.6) is 0 Å². The van der Waals surface area contributed by atoms with E-state index in [4.69, 9.17) is 9.73 Å². The van der Waals surface area contributed by atoms with Crippen molar-refractivity contribution in [2.75, 3.05) is 25.1 Å². The lowest BCUT2D eigenvalue weighted by Crippen LogP contribution is -2.30. The summed E-state index contributed by atoms with van der Waals surface area (Å²) in [5.41, 5.74) is 5.15. The van der Waals surface area contributed by atoms with Crippen LogP contribution in [0.4, 0.5) is 15.8 Å². The van der Waals surface area contributed by atoms with Gasteiger partial charge in [0.15, 0.2) is 0 Å². The zero-order valence-corrected chi connectivity index (χ0v) is 17.6. The summed E-state index contributed by atoms with van der Waals surface area (Å²) in [6.07, 6.45) is 2.77. The van der Waals surface area contributed by atoms with Crippen LogP contribution < -0.4 is 5.32 Å². The minimum absolute atomic E-state index is 0.147. The largest absolute Gasteiger partial charge is 0.381 e. The van der Waals surface area contributed by atoms with E-state index in [-0.39, 0.29) is 17.8 Å². The summed E-state index contributed by atoms with van der Waals surface area (Å²) in [6, 6.07) is 10.9. The van der Waals surface area contributed by atoms with Gasteiger partial charge in [0.05, 0.1) is 18.3 Å². The molecule has 0 spiro atoms. The summed E-state index contributed by atoms with van der Waals surface area (Å²) in [7, 11) is 0. The molecule has 1 saturated heterocycles. The van der Waals surface area contributed by atoms with E-state index >= 15 is 0 Å². The standard InChI is InChI=1S/C25H28FN3O/c1-5-18-9-7-8-10-23(18)27-16(3)21-13-20(26)14-22-17(4)29-12-11-19(15-30-6-2)25(29)28-24(21)22/h5,7-10,13-14,16,19,27H,1,4,6,11-12,15H2,2-3H3. The first-order valence-electron chi connectivity index (χ1n) is 10.5. The molecule has 2 atom stereocenters. The maximum atomic E-state index is 14.6. The highest BCUT2D eigenvalue weighted by molar-refractivity contribution is 6.01. The van der Waals surface area contributed by atoms with Gasteiger partial charge in [-0.15, -0.1) is 0 Å². The zero-order valence-electron chi connectivity index (χ0n) is 17.6. The summed E-state index contributed by atoms with van der Waals surface area (Å²) in [6.45, 7) is 14.3. The van der Waals surface area contributed by atoms with E-state index in [1.807, 2.05) is 44.2 Å². The van der Waals surface area contributed by atoms with Gasteiger partial charge in [0.2, 0.25) is 0 Å². The fraction of sp³-hybridized carbons (Fsp3) is 0.320. The number of aliphatic imine (C=N–C) groups is 1. The number of rotatable bonds is 7. The predicted octanol–water partition coefficient (Wildman–Crippen LogP) is 6.01. The molecule has 2 aromatic carbocycles. The predicted molar refractivity (Wildman–Crippen MR) is 122 cm³/mol. The fourth-order valence-corrected chi connectivity index (χ4v) is 4.26. The molecule has 4 rings (SSSR count). The Balaban J connectivity index is 1.73. The Kier molecular flexibility index (Phi) is 5.73. The van der Waals surface area contributed by atoms with Crippen LogP contribution in [0.1, 0.15) is 43.0 Å². The number of para-hydroxylation sites is 1. The summed E-state index contributed by atoms with van der Waals surface area (Å²) < 4.78 is 20.3. The Morgan fingerprint density at radius 1 is 1.37 bits per heavy atom. The van der Waals surface area contributed by atoms with E-state index in [0.717, 1.165) is 52.6 Å². The molecule has 2 heterocycles. The number of benzene rings is 2. The number of fused-ring (bicyclic) bond motifs is 2. The van der Waals surface area contributed by atoms with E-state index < -0.39 is 0 Å². The molecule has 1 fully saturated rings. The smallest absolute Gasteiger partial charge is 0.124 e. The second-order valence-corrected chi connectivity index (χ2v) is 7.76. The van der Waals surface area contributed by atoms with Gasteiger partial charge in [-0.2, -0.15) is 0 Å². The van der Waals surface area contributed by atoms with Crippen molar-refractivity contribution in [3.05, 3.63) is 72.1 Å². The van der Waals surface area contributed by atoms with Crippen molar-refractivity contribution in [2.45, 2.75) is 26.3 Å². The monoisotopic (exact) mass is 405 g/mol. The van der Waals surface area contributed by atoms with E-state index in [2.05, 4.69) is 23.4 Å². The maximum absolute atomic E-state index is 14.6. The molecule has 4 nitrogen and oxygen atoms in total. The van der Waals surface area contributed by atoms with E-state index in [1.54, 1.807) is 12.1 Å². The Morgan fingerprint density at radius 2 is 2.17 bits per heavy atom. The third-order valence-electron chi connectivity index (χ3n) is 5.85. The fourth-order valence-electron chi connectivity index (χ4n) is 4.26. The van der Waals surface area contributed by atoms with Gasteiger partial charge < -0.3 is 15.0 Å². The topological polar surface area (TPSA) is 36.9 Å². The number of anilines is 1. The van der Waals surface area contributed by atoms with Crippen LogP contribution in [0, 0.1) is 11.7 Å². The molecule has 156 valence electrons. The lowest BCUT2D eigenvalue weighted by Gasteiger charge is -2.31. The second-order valence-electron chi connectivity index (χ2n) is 7.76. The van der Waals surface area contributed by atoms with Gasteiger partial charge >= 0.3 is 0 Å². The molecular weight excluding hydrogens is 377 g/mol. The molecule has 5 heteroatoms. The highest BCUT2D eigenvalue weighted by Gasteiger charge is 2.36. The number of halogens is 1. The Hall–Kier alpha value is -2.92. The van der Waals surface area contributed by atoms with Crippen molar-refractivity contribution in [1.82, 2.24) is 4.90 Å². The molecule has 2 aliphatic rings. The van der Waals surface area contributed by atoms with Gasteiger partial charge in [-0.25, -0.2) is 9.38 Å². The molecule has 2 unspecified atom stereocenters. The SMILES string of the molecule is C=Cc1ccccc1NC(C)c1cc(F)cc2c1N=C1C(COCC)CCN1C2=C. The minimum Gasteiger partial charge on any atom is -0.381 e. The second kappa shape index (κ2) is 8.44. The molecule has 30 heavy (non-hydrogen) atoms. The molecule has 0 aromatic heterocycles. The van der Waals surface area contributed by atoms with Gasteiger partial charge in [0.25, 0.3) is 0 Å². The van der Waals surface area contributed by atoms with Gasteiger partial charge in [-0.1, -0.05) is 37.4 Å². The quantitative estimate of drug-likeness (QED) is 0.612. The highest BCUT2D eigenvalue weighted by atomic mass is 19.1. The number of hydrogen-bond donors (Lipinski definition) is 1. The number of ether oxygens (including phenoxy) is 1. The van der Waals surface area contributed by atoms with Crippen LogP contribution in [0.2, 0.25) is 0 Å². The highest BCUT2D eigenvalue weighted by Crippen LogP contribution is 2.43.